The van der Waals surface area contributed by atoms with Gasteiger partial charge >= 0.3 is 0 Å². The Kier molecular flexibility index (Phi) is 7.55. The molecule has 3 nitrogen and oxygen atoms in total. The first-order valence-electron chi connectivity index (χ1n) is 6.55. The number of alkyl halides is 2. The van der Waals surface area contributed by atoms with Crippen LogP contribution in [0.15, 0.2) is 24.3 Å². The van der Waals surface area contributed by atoms with Gasteiger partial charge in [-0.05, 0) is 30.4 Å². The lowest BCUT2D eigenvalue weighted by Gasteiger charge is -2.16. The Bertz CT molecular complexity index is 344. The lowest BCUT2D eigenvalue weighted by molar-refractivity contribution is 0.0144. The molecule has 0 aliphatic heterocycles. The summed E-state index contributed by atoms with van der Waals surface area (Å²) in [5.41, 5.74) is 5.17. The van der Waals surface area contributed by atoms with Gasteiger partial charge in [0, 0.05) is 12.6 Å². The number of aryl methyl sites for hydroxylation is 1. The zero-order chi connectivity index (χ0) is 14.1. The van der Waals surface area contributed by atoms with E-state index >= 15 is 0 Å². The molecule has 0 aromatic heterocycles. The molecule has 0 saturated heterocycles. The van der Waals surface area contributed by atoms with Crippen LogP contribution in [0.5, 0.6) is 0 Å². The van der Waals surface area contributed by atoms with Crippen LogP contribution in [-0.4, -0.2) is 25.7 Å². The number of halogens is 2. The van der Waals surface area contributed by atoms with Crippen molar-refractivity contribution in [3.63, 3.8) is 0 Å². The number of hydrogen-bond donors (Lipinski definition) is 2. The highest BCUT2D eigenvalue weighted by Gasteiger charge is 2.09. The van der Waals surface area contributed by atoms with Crippen LogP contribution >= 0.6 is 0 Å². The molecule has 0 bridgehead atoms. The van der Waals surface area contributed by atoms with Gasteiger partial charge in [0.2, 0.25) is 0 Å². The van der Waals surface area contributed by atoms with Crippen LogP contribution in [0.4, 0.5) is 8.78 Å². The van der Waals surface area contributed by atoms with Gasteiger partial charge in [-0.1, -0.05) is 31.2 Å². The summed E-state index contributed by atoms with van der Waals surface area (Å²) in [5.74, 6) is 5.47. The van der Waals surface area contributed by atoms with Crippen LogP contribution in [0.2, 0.25) is 0 Å². The monoisotopic (exact) mass is 272 g/mol. The fourth-order valence-corrected chi connectivity index (χ4v) is 1.84. The number of benzene rings is 1. The average molecular weight is 272 g/mol. The van der Waals surface area contributed by atoms with Crippen molar-refractivity contribution in [1.82, 2.24) is 5.43 Å². The Morgan fingerprint density at radius 2 is 1.84 bits per heavy atom. The first-order valence-corrected chi connectivity index (χ1v) is 6.55. The van der Waals surface area contributed by atoms with E-state index in [0.717, 1.165) is 12.8 Å². The number of nitrogens with one attached hydrogen (secondary N) is 1. The van der Waals surface area contributed by atoms with Gasteiger partial charge in [-0.2, -0.15) is 0 Å². The van der Waals surface area contributed by atoms with E-state index in [2.05, 4.69) is 36.6 Å². The predicted octanol–water partition coefficient (Wildman–Crippen LogP) is 2.30. The zero-order valence-electron chi connectivity index (χ0n) is 11.2. The molecular weight excluding hydrogens is 250 g/mol. The van der Waals surface area contributed by atoms with E-state index in [1.807, 2.05) is 0 Å². The van der Waals surface area contributed by atoms with E-state index in [1.54, 1.807) is 0 Å². The fraction of sp³-hybridized carbons (Fsp3) is 0.571. The lowest BCUT2D eigenvalue weighted by atomic mass is 10.0. The first-order chi connectivity index (χ1) is 9.15. The van der Waals surface area contributed by atoms with Gasteiger partial charge < -0.3 is 4.74 Å². The lowest BCUT2D eigenvalue weighted by Crippen LogP contribution is -2.37. The maximum absolute atomic E-state index is 11.9. The smallest absolute Gasteiger partial charge is 0.261 e. The van der Waals surface area contributed by atoms with Crippen LogP contribution in [0.1, 0.15) is 24.5 Å². The van der Waals surface area contributed by atoms with Gasteiger partial charge in [-0.15, -0.1) is 0 Å². The van der Waals surface area contributed by atoms with Crippen molar-refractivity contribution in [3.05, 3.63) is 35.4 Å². The molecule has 1 aromatic carbocycles. The molecule has 0 heterocycles. The molecule has 0 aliphatic carbocycles. The second kappa shape index (κ2) is 8.96. The largest absolute Gasteiger partial charge is 0.375 e. The van der Waals surface area contributed by atoms with Crippen molar-refractivity contribution in [2.75, 3.05) is 13.2 Å². The molecule has 1 unspecified atom stereocenters. The van der Waals surface area contributed by atoms with Crippen LogP contribution in [0, 0.1) is 0 Å². The van der Waals surface area contributed by atoms with Crippen molar-refractivity contribution < 1.29 is 13.5 Å². The number of hydrogen-bond acceptors (Lipinski definition) is 3. The molecule has 1 rings (SSSR count). The summed E-state index contributed by atoms with van der Waals surface area (Å²) in [6.07, 6.45) is -0.0247. The van der Waals surface area contributed by atoms with Gasteiger partial charge in [0.1, 0.15) is 6.61 Å². The van der Waals surface area contributed by atoms with E-state index < -0.39 is 13.0 Å². The van der Waals surface area contributed by atoms with Gasteiger partial charge in [0.25, 0.3) is 6.43 Å². The molecule has 0 amide bonds. The van der Waals surface area contributed by atoms with Gasteiger partial charge in [0.15, 0.2) is 0 Å². The summed E-state index contributed by atoms with van der Waals surface area (Å²) in [6, 6.07) is 8.36. The van der Waals surface area contributed by atoms with Crippen molar-refractivity contribution in [3.8, 4) is 0 Å². The highest BCUT2D eigenvalue weighted by molar-refractivity contribution is 5.23. The minimum Gasteiger partial charge on any atom is -0.375 e. The highest BCUT2D eigenvalue weighted by atomic mass is 19.3. The summed E-state index contributed by atoms with van der Waals surface area (Å²) >= 11 is 0. The molecule has 0 fully saturated rings. The summed E-state index contributed by atoms with van der Waals surface area (Å²) in [7, 11) is 0. The molecule has 19 heavy (non-hydrogen) atoms. The molecule has 0 radical (unpaired) electrons. The third-order valence-corrected chi connectivity index (χ3v) is 3.00. The molecule has 0 aliphatic rings. The second-order valence-electron chi connectivity index (χ2n) is 4.49. The minimum atomic E-state index is -2.41. The highest BCUT2D eigenvalue weighted by Crippen LogP contribution is 2.09. The summed E-state index contributed by atoms with van der Waals surface area (Å²) < 4.78 is 28.6. The molecule has 0 spiro atoms. The molecular formula is C14H22F2N2O. The van der Waals surface area contributed by atoms with E-state index in [-0.39, 0.29) is 12.6 Å². The quantitative estimate of drug-likeness (QED) is 0.412. The standard InChI is InChI=1S/C14H22F2N2O/c1-2-11-3-5-12(6-4-11)9-13(18-17)7-8-19-10-14(15)16/h3-6,13-14,18H,2,7-10,17H2,1H3. The number of nitrogens with two attached hydrogens (primary N) is 1. The third-order valence-electron chi connectivity index (χ3n) is 3.00. The Labute approximate surface area is 113 Å². The Hall–Kier alpha value is -1.04. The molecule has 0 saturated carbocycles. The molecule has 1 aromatic rings. The molecule has 108 valence electrons. The Morgan fingerprint density at radius 3 is 2.37 bits per heavy atom. The number of rotatable bonds is 9. The predicted molar refractivity (Wildman–Crippen MR) is 72.1 cm³/mol. The van der Waals surface area contributed by atoms with Gasteiger partial charge in [0.05, 0.1) is 0 Å². The van der Waals surface area contributed by atoms with E-state index in [1.165, 1.54) is 11.1 Å². The number of hydrazine groups is 1. The van der Waals surface area contributed by atoms with Crippen molar-refractivity contribution in [1.29, 1.82) is 0 Å². The fourth-order valence-electron chi connectivity index (χ4n) is 1.84. The first kappa shape index (κ1) is 16.0. The Morgan fingerprint density at radius 1 is 1.21 bits per heavy atom. The SMILES string of the molecule is CCc1ccc(CC(CCOCC(F)F)NN)cc1. The Balaban J connectivity index is 2.34. The molecule has 1 atom stereocenters. The maximum Gasteiger partial charge on any atom is 0.261 e. The maximum atomic E-state index is 11.9. The molecule has 3 N–H and O–H groups in total. The molecule has 5 heteroatoms. The van der Waals surface area contributed by atoms with Crippen molar-refractivity contribution in [2.24, 2.45) is 5.84 Å². The number of ether oxygens (including phenoxy) is 1. The van der Waals surface area contributed by atoms with Crippen LogP contribution in [0.3, 0.4) is 0 Å². The zero-order valence-corrected chi connectivity index (χ0v) is 11.2. The van der Waals surface area contributed by atoms with Gasteiger partial charge in [-0.3, -0.25) is 11.3 Å². The summed E-state index contributed by atoms with van der Waals surface area (Å²) in [5, 5.41) is 0. The van der Waals surface area contributed by atoms with Crippen LogP contribution in [-0.2, 0) is 17.6 Å². The van der Waals surface area contributed by atoms with E-state index in [9.17, 15) is 8.78 Å². The third kappa shape index (κ3) is 6.61. The normalized spacial score (nSPS) is 12.9. The average Bonchev–Trinajstić information content (AvgIpc) is 2.42. The second-order valence-corrected chi connectivity index (χ2v) is 4.49. The summed E-state index contributed by atoms with van der Waals surface area (Å²) in [6.45, 7) is 1.88. The minimum absolute atomic E-state index is 0.0325. The van der Waals surface area contributed by atoms with Gasteiger partial charge in [-0.25, -0.2) is 8.78 Å². The summed E-state index contributed by atoms with van der Waals surface area (Å²) in [4.78, 5) is 0. The van der Waals surface area contributed by atoms with Crippen molar-refractivity contribution >= 4 is 0 Å². The van der Waals surface area contributed by atoms with Crippen molar-refractivity contribution in [2.45, 2.75) is 38.7 Å². The topological polar surface area (TPSA) is 47.3 Å². The van der Waals surface area contributed by atoms with Crippen LogP contribution in [0.25, 0.3) is 0 Å². The van der Waals surface area contributed by atoms with Crippen LogP contribution < -0.4 is 11.3 Å². The van der Waals surface area contributed by atoms with E-state index in [0.29, 0.717) is 6.42 Å². The van der Waals surface area contributed by atoms with E-state index in [4.69, 9.17) is 10.6 Å².